The predicted octanol–water partition coefficient (Wildman–Crippen LogP) is 2.65. The van der Waals surface area contributed by atoms with Crippen LogP contribution in [0.1, 0.15) is 47.2 Å². The number of hydrogen-bond acceptors (Lipinski definition) is 6. The fraction of sp³-hybridized carbons (Fsp3) is 0.286. The molecule has 2 N–H and O–H groups in total. The molecule has 1 aliphatic heterocycles. The minimum atomic E-state index is -0.637. The second kappa shape index (κ2) is 6.77. The summed E-state index contributed by atoms with van der Waals surface area (Å²) in [5.41, 5.74) is -0.0134. The quantitative estimate of drug-likeness (QED) is 0.482. The third-order valence-corrected chi connectivity index (χ3v) is 6.16. The van der Waals surface area contributed by atoms with Crippen LogP contribution in [0.3, 0.4) is 0 Å². The number of carbonyl (C=O) groups excluding carboxylic acids is 1. The normalized spacial score (nSPS) is 16.0. The lowest BCUT2D eigenvalue weighted by Crippen LogP contribution is -2.37. The average molecular weight is 426 g/mol. The van der Waals surface area contributed by atoms with Crippen molar-refractivity contribution in [2.75, 3.05) is 17.7 Å². The Bertz CT molecular complexity index is 1260. The summed E-state index contributed by atoms with van der Waals surface area (Å²) in [5.74, 6) is 0.888. The molecular weight excluding hydrogens is 405 g/mol. The molecule has 1 atom stereocenters. The summed E-state index contributed by atoms with van der Waals surface area (Å²) in [6.07, 6.45) is 0. The van der Waals surface area contributed by atoms with Gasteiger partial charge < -0.3 is 20.0 Å². The molecular formula is C21H21BClN3O4. The van der Waals surface area contributed by atoms with E-state index in [9.17, 15) is 14.4 Å². The number of nitrogens with one attached hydrogen (secondary N) is 2. The molecule has 1 unspecified atom stereocenters. The van der Waals surface area contributed by atoms with Gasteiger partial charge in [-0.15, -0.1) is 0 Å². The van der Waals surface area contributed by atoms with Gasteiger partial charge in [0.05, 0.1) is 22.7 Å². The van der Waals surface area contributed by atoms with E-state index in [1.165, 1.54) is 0 Å². The fourth-order valence-electron chi connectivity index (χ4n) is 3.85. The van der Waals surface area contributed by atoms with Crippen molar-refractivity contribution >= 4 is 42.4 Å². The molecule has 30 heavy (non-hydrogen) atoms. The zero-order valence-corrected chi connectivity index (χ0v) is 18.1. The highest BCUT2D eigenvalue weighted by atomic mass is 35.5. The number of amides is 1. The molecule has 9 heteroatoms. The van der Waals surface area contributed by atoms with Crippen LogP contribution < -0.4 is 21.5 Å². The monoisotopic (exact) mass is 425 g/mol. The van der Waals surface area contributed by atoms with Crippen LogP contribution in [-0.2, 0) is 5.54 Å². The molecule has 3 aromatic rings. The number of nitrogens with zero attached hydrogens (tertiary/aromatic N) is 1. The van der Waals surface area contributed by atoms with E-state index in [1.807, 2.05) is 40.8 Å². The molecule has 154 valence electrons. The van der Waals surface area contributed by atoms with Crippen LogP contribution >= 0.6 is 11.6 Å². The minimum Gasteiger partial charge on any atom is -0.465 e. The second-order valence-electron chi connectivity index (χ2n) is 8.12. The number of hydrogen-bond donors (Lipinski definition) is 2. The van der Waals surface area contributed by atoms with Crippen molar-refractivity contribution in [1.29, 1.82) is 0 Å². The Labute approximate surface area is 179 Å². The van der Waals surface area contributed by atoms with Crippen molar-refractivity contribution in [2.45, 2.75) is 32.3 Å². The van der Waals surface area contributed by atoms with Gasteiger partial charge in [0.2, 0.25) is 0 Å². The Morgan fingerprint density at radius 1 is 1.10 bits per heavy atom. The zero-order valence-electron chi connectivity index (χ0n) is 17.3. The maximum atomic E-state index is 12.9. The van der Waals surface area contributed by atoms with Crippen LogP contribution in [0.25, 0.3) is 0 Å². The van der Waals surface area contributed by atoms with E-state index in [0.717, 1.165) is 5.76 Å². The average Bonchev–Trinajstić information content (AvgIpc) is 3.22. The molecule has 0 fully saturated rings. The van der Waals surface area contributed by atoms with Crippen LogP contribution in [0, 0.1) is 6.92 Å². The van der Waals surface area contributed by atoms with Gasteiger partial charge in [-0.1, -0.05) is 11.6 Å². The lowest BCUT2D eigenvalue weighted by atomic mass is 9.92. The Kier molecular flexibility index (Phi) is 4.58. The van der Waals surface area contributed by atoms with E-state index in [2.05, 4.69) is 10.6 Å². The van der Waals surface area contributed by atoms with Crippen molar-refractivity contribution in [3.63, 3.8) is 0 Å². The minimum absolute atomic E-state index is 0.125. The number of furan rings is 1. The highest BCUT2D eigenvalue weighted by Gasteiger charge is 2.44. The molecule has 1 aromatic heterocycles. The second-order valence-corrected chi connectivity index (χ2v) is 8.52. The molecule has 0 aliphatic carbocycles. The highest BCUT2D eigenvalue weighted by molar-refractivity contribution is 6.32. The molecule has 0 spiro atoms. The lowest BCUT2D eigenvalue weighted by Gasteiger charge is -2.29. The molecule has 0 saturated heterocycles. The topological polar surface area (TPSA) is 91.6 Å². The van der Waals surface area contributed by atoms with E-state index in [0.29, 0.717) is 27.6 Å². The number of benzene rings is 1. The van der Waals surface area contributed by atoms with Gasteiger partial charge >= 0.3 is 0 Å². The highest BCUT2D eigenvalue weighted by Crippen LogP contribution is 2.45. The van der Waals surface area contributed by atoms with Crippen molar-refractivity contribution in [2.24, 2.45) is 0 Å². The van der Waals surface area contributed by atoms with Crippen LogP contribution in [0.4, 0.5) is 17.1 Å². The SMILES string of the molecule is BC(Nc1c(Nc2ccc(Cl)c3c2C(=O)N(C)C3(C)C)c(=O)c1=O)c1ccc(C)o1. The maximum absolute atomic E-state index is 12.9. The first kappa shape index (κ1) is 20.3. The molecule has 2 heterocycles. The smallest absolute Gasteiger partial charge is 0.256 e. The van der Waals surface area contributed by atoms with Crippen molar-refractivity contribution < 1.29 is 9.21 Å². The number of rotatable bonds is 5. The molecule has 0 bridgehead atoms. The van der Waals surface area contributed by atoms with Gasteiger partial charge in [-0.3, -0.25) is 14.4 Å². The molecule has 1 amide bonds. The molecule has 0 saturated carbocycles. The molecule has 0 radical (unpaired) electrons. The van der Waals surface area contributed by atoms with Crippen LogP contribution in [0.15, 0.2) is 38.3 Å². The molecule has 2 aromatic carbocycles. The summed E-state index contributed by atoms with van der Waals surface area (Å²) in [4.78, 5) is 39.0. The molecule has 7 nitrogen and oxygen atoms in total. The van der Waals surface area contributed by atoms with Gasteiger partial charge in [-0.25, -0.2) is 0 Å². The Hall–Kier alpha value is -3.00. The summed E-state index contributed by atoms with van der Waals surface area (Å²) >= 11 is 6.40. The Balaban J connectivity index is 1.70. The van der Waals surface area contributed by atoms with E-state index >= 15 is 0 Å². The van der Waals surface area contributed by atoms with E-state index < -0.39 is 16.4 Å². The van der Waals surface area contributed by atoms with Gasteiger partial charge in [0.25, 0.3) is 16.8 Å². The summed E-state index contributed by atoms with van der Waals surface area (Å²) in [7, 11) is 3.54. The standard InChI is InChI=1S/C21H21BClN3O4/c1-9-5-8-12(30-9)19(22)25-16-15(17(27)18(16)28)24-11-7-6-10(23)14-13(11)20(29)26(4)21(14,2)3/h5-8,19,24-25H,22H2,1-4H3. The van der Waals surface area contributed by atoms with Crippen molar-refractivity contribution in [3.8, 4) is 0 Å². The first-order valence-electron chi connectivity index (χ1n) is 9.58. The third kappa shape index (κ3) is 2.86. The number of aryl methyl sites for hydroxylation is 1. The first-order chi connectivity index (χ1) is 14.0. The van der Waals surface area contributed by atoms with Gasteiger partial charge in [0, 0.05) is 17.6 Å². The van der Waals surface area contributed by atoms with Crippen LogP contribution in [-0.4, -0.2) is 25.7 Å². The summed E-state index contributed by atoms with van der Waals surface area (Å²) < 4.78 is 5.59. The van der Waals surface area contributed by atoms with Gasteiger partial charge in [-0.05, 0) is 45.0 Å². The van der Waals surface area contributed by atoms with E-state index in [1.54, 1.807) is 24.1 Å². The van der Waals surface area contributed by atoms with Crippen LogP contribution in [0.2, 0.25) is 5.02 Å². The third-order valence-electron chi connectivity index (χ3n) is 5.84. The molecule has 1 aliphatic rings. The number of carbonyl (C=O) groups is 1. The lowest BCUT2D eigenvalue weighted by molar-refractivity contribution is 0.0692. The largest absolute Gasteiger partial charge is 0.465 e. The summed E-state index contributed by atoms with van der Waals surface area (Å²) in [5, 5.41) is 6.52. The first-order valence-corrected chi connectivity index (χ1v) is 9.96. The maximum Gasteiger partial charge on any atom is 0.256 e. The number of fused-ring (bicyclic) bond motifs is 1. The fourth-order valence-corrected chi connectivity index (χ4v) is 4.24. The number of halogens is 1. The van der Waals surface area contributed by atoms with E-state index in [4.69, 9.17) is 16.0 Å². The zero-order chi connectivity index (χ0) is 22.0. The summed E-state index contributed by atoms with van der Waals surface area (Å²) in [6.45, 7) is 5.64. The van der Waals surface area contributed by atoms with Crippen molar-refractivity contribution in [3.05, 3.63) is 72.4 Å². The van der Waals surface area contributed by atoms with Gasteiger partial charge in [0.15, 0.2) is 0 Å². The number of anilines is 3. The Morgan fingerprint density at radius 2 is 1.77 bits per heavy atom. The van der Waals surface area contributed by atoms with Crippen molar-refractivity contribution in [1.82, 2.24) is 4.90 Å². The van der Waals surface area contributed by atoms with Gasteiger partial charge in [0.1, 0.15) is 30.7 Å². The van der Waals surface area contributed by atoms with E-state index in [-0.39, 0.29) is 23.2 Å². The molecule has 4 rings (SSSR count). The Morgan fingerprint density at radius 3 is 2.40 bits per heavy atom. The summed E-state index contributed by atoms with van der Waals surface area (Å²) in [6, 6.07) is 6.97. The van der Waals surface area contributed by atoms with Gasteiger partial charge in [-0.2, -0.15) is 0 Å². The predicted molar refractivity (Wildman–Crippen MR) is 120 cm³/mol. The van der Waals surface area contributed by atoms with Crippen LogP contribution in [0.5, 0.6) is 0 Å².